The lowest BCUT2D eigenvalue weighted by Gasteiger charge is -2.30. The first kappa shape index (κ1) is 16.2. The van der Waals surface area contributed by atoms with Crippen molar-refractivity contribution >= 4 is 34.9 Å². The van der Waals surface area contributed by atoms with Gasteiger partial charge in [0.05, 0.1) is 10.9 Å². The zero-order chi connectivity index (χ0) is 14.8. The van der Waals surface area contributed by atoms with Crippen LogP contribution in [0.25, 0.3) is 0 Å². The minimum absolute atomic E-state index is 0.608. The Kier molecular flexibility index (Phi) is 5.57. The van der Waals surface area contributed by atoms with Crippen LogP contribution < -0.4 is 5.32 Å². The lowest BCUT2D eigenvalue weighted by atomic mass is 10.2. The molecule has 1 saturated heterocycles. The first-order valence-corrected chi connectivity index (χ1v) is 11.0. The average molecular weight is 343 g/mol. The first-order valence-electron chi connectivity index (χ1n) is 8.16. The maximum atomic E-state index is 5.03. The molecule has 3 rings (SSSR count). The monoisotopic (exact) mass is 342 g/mol. The lowest BCUT2D eigenvalue weighted by molar-refractivity contribution is 0.686. The summed E-state index contributed by atoms with van der Waals surface area (Å²) in [6.45, 7) is 8.01. The zero-order valence-corrected chi connectivity index (χ0v) is 15.7. The molecule has 5 heteroatoms. The minimum atomic E-state index is 0.608. The number of rotatable bonds is 6. The number of nitrogens with zero attached hydrogens (tertiary/aromatic N) is 1. The summed E-state index contributed by atoms with van der Waals surface area (Å²) >= 11 is 6.22. The van der Waals surface area contributed by atoms with Crippen LogP contribution in [0, 0.1) is 0 Å². The van der Waals surface area contributed by atoms with Crippen molar-refractivity contribution in [3.8, 4) is 0 Å². The highest BCUT2D eigenvalue weighted by molar-refractivity contribution is 8.07. The molecule has 1 saturated carbocycles. The van der Waals surface area contributed by atoms with E-state index in [0.717, 1.165) is 29.5 Å². The van der Waals surface area contributed by atoms with E-state index in [-0.39, 0.29) is 0 Å². The Labute approximate surface area is 141 Å². The van der Waals surface area contributed by atoms with Crippen LogP contribution in [0.1, 0.15) is 60.9 Å². The normalized spacial score (nSPS) is 29.8. The van der Waals surface area contributed by atoms with E-state index in [1.807, 2.05) is 11.3 Å². The van der Waals surface area contributed by atoms with E-state index in [2.05, 4.69) is 49.6 Å². The van der Waals surface area contributed by atoms with E-state index in [1.54, 1.807) is 0 Å². The molecule has 0 aromatic carbocycles. The van der Waals surface area contributed by atoms with Crippen LogP contribution in [0.3, 0.4) is 0 Å². The van der Waals surface area contributed by atoms with Crippen LogP contribution in [0.5, 0.6) is 0 Å². The summed E-state index contributed by atoms with van der Waals surface area (Å²) in [5.74, 6) is 1.23. The van der Waals surface area contributed by atoms with Gasteiger partial charge in [0.1, 0.15) is 5.01 Å². The SMILES string of the molecule is CCCc1nc(C2CSC(C)C(C)S2)sc1CNC1CC1. The summed E-state index contributed by atoms with van der Waals surface area (Å²) in [4.78, 5) is 6.52. The van der Waals surface area contributed by atoms with E-state index in [9.17, 15) is 0 Å². The number of hydrogen-bond donors (Lipinski definition) is 1. The van der Waals surface area contributed by atoms with Gasteiger partial charge in [-0.1, -0.05) is 27.2 Å². The van der Waals surface area contributed by atoms with Crippen LogP contribution in [0.15, 0.2) is 0 Å². The van der Waals surface area contributed by atoms with Crippen molar-refractivity contribution in [1.82, 2.24) is 10.3 Å². The Balaban J connectivity index is 1.70. The molecule has 0 bridgehead atoms. The third-order valence-electron chi connectivity index (χ3n) is 4.24. The topological polar surface area (TPSA) is 24.9 Å². The molecule has 3 atom stereocenters. The van der Waals surface area contributed by atoms with Gasteiger partial charge in [0, 0.05) is 33.7 Å². The molecule has 0 spiro atoms. The van der Waals surface area contributed by atoms with Crippen molar-refractivity contribution in [2.24, 2.45) is 0 Å². The summed E-state index contributed by atoms with van der Waals surface area (Å²) in [7, 11) is 0. The van der Waals surface area contributed by atoms with Gasteiger partial charge in [-0.2, -0.15) is 11.8 Å². The standard InChI is InChI=1S/C16H26N2S3/c1-4-5-13-14(8-17-12-6-7-12)21-16(18-13)15-9-19-10(2)11(3)20-15/h10-12,15,17H,4-9H2,1-3H3. The highest BCUT2D eigenvalue weighted by atomic mass is 32.2. The van der Waals surface area contributed by atoms with Crippen LogP contribution in [0.2, 0.25) is 0 Å². The Morgan fingerprint density at radius 1 is 1.24 bits per heavy atom. The molecule has 1 N–H and O–H groups in total. The van der Waals surface area contributed by atoms with Gasteiger partial charge in [-0.05, 0) is 19.3 Å². The smallest absolute Gasteiger partial charge is 0.107 e. The maximum absolute atomic E-state index is 5.03. The second kappa shape index (κ2) is 7.24. The molecule has 2 nitrogen and oxygen atoms in total. The molecule has 1 aliphatic carbocycles. The largest absolute Gasteiger partial charge is 0.309 e. The Hall–Kier alpha value is 0.290. The number of nitrogens with one attached hydrogen (secondary N) is 1. The number of aryl methyl sites for hydroxylation is 1. The van der Waals surface area contributed by atoms with E-state index >= 15 is 0 Å². The summed E-state index contributed by atoms with van der Waals surface area (Å²) in [6, 6.07) is 0.783. The molecular formula is C16H26N2S3. The van der Waals surface area contributed by atoms with Crippen molar-refractivity contribution in [1.29, 1.82) is 0 Å². The molecule has 3 unspecified atom stereocenters. The Morgan fingerprint density at radius 3 is 2.71 bits per heavy atom. The van der Waals surface area contributed by atoms with Crippen LogP contribution in [-0.2, 0) is 13.0 Å². The number of aromatic nitrogens is 1. The molecule has 0 radical (unpaired) electrons. The lowest BCUT2D eigenvalue weighted by Crippen LogP contribution is -2.21. The van der Waals surface area contributed by atoms with Gasteiger partial charge in [0.15, 0.2) is 0 Å². The highest BCUT2D eigenvalue weighted by Gasteiger charge is 2.29. The van der Waals surface area contributed by atoms with Crippen molar-refractivity contribution in [2.75, 3.05) is 5.75 Å². The van der Waals surface area contributed by atoms with Gasteiger partial charge < -0.3 is 5.32 Å². The molecule has 2 heterocycles. The minimum Gasteiger partial charge on any atom is -0.309 e. The van der Waals surface area contributed by atoms with Crippen molar-refractivity contribution < 1.29 is 0 Å². The molecule has 2 aliphatic rings. The fourth-order valence-corrected chi connectivity index (χ4v) is 6.80. The molecule has 2 fully saturated rings. The summed E-state index contributed by atoms with van der Waals surface area (Å²) < 4.78 is 0. The number of thioether (sulfide) groups is 2. The first-order chi connectivity index (χ1) is 10.2. The van der Waals surface area contributed by atoms with Crippen molar-refractivity contribution in [3.05, 3.63) is 15.6 Å². The van der Waals surface area contributed by atoms with E-state index < -0.39 is 0 Å². The number of hydrogen-bond acceptors (Lipinski definition) is 5. The van der Waals surface area contributed by atoms with Crippen LogP contribution >= 0.6 is 34.9 Å². The summed E-state index contributed by atoms with van der Waals surface area (Å²) in [6.07, 6.45) is 5.05. The Morgan fingerprint density at radius 2 is 2.05 bits per heavy atom. The fraction of sp³-hybridized carbons (Fsp3) is 0.812. The van der Waals surface area contributed by atoms with Crippen molar-refractivity contribution in [2.45, 2.75) is 74.8 Å². The summed E-state index contributed by atoms with van der Waals surface area (Å²) in [5.41, 5.74) is 1.36. The molecular weight excluding hydrogens is 316 g/mol. The van der Waals surface area contributed by atoms with E-state index in [4.69, 9.17) is 4.98 Å². The molecule has 1 aliphatic heterocycles. The van der Waals surface area contributed by atoms with Crippen LogP contribution in [0.4, 0.5) is 0 Å². The van der Waals surface area contributed by atoms with E-state index in [1.165, 1.54) is 40.6 Å². The maximum Gasteiger partial charge on any atom is 0.107 e. The van der Waals surface area contributed by atoms with Gasteiger partial charge in [0.25, 0.3) is 0 Å². The van der Waals surface area contributed by atoms with Gasteiger partial charge in [-0.25, -0.2) is 4.98 Å². The Bertz CT molecular complexity index is 470. The second-order valence-electron chi connectivity index (χ2n) is 6.20. The number of thiazole rings is 1. The third kappa shape index (κ3) is 4.18. The molecule has 118 valence electrons. The molecule has 21 heavy (non-hydrogen) atoms. The third-order valence-corrected chi connectivity index (χ3v) is 9.00. The highest BCUT2D eigenvalue weighted by Crippen LogP contribution is 2.45. The van der Waals surface area contributed by atoms with E-state index in [0.29, 0.717) is 5.25 Å². The molecule has 1 aromatic rings. The quantitative estimate of drug-likeness (QED) is 0.814. The van der Waals surface area contributed by atoms with Gasteiger partial charge >= 0.3 is 0 Å². The van der Waals surface area contributed by atoms with Gasteiger partial charge in [-0.3, -0.25) is 0 Å². The summed E-state index contributed by atoms with van der Waals surface area (Å²) in [5, 5.41) is 7.16. The van der Waals surface area contributed by atoms with Gasteiger partial charge in [-0.15, -0.1) is 23.1 Å². The predicted octanol–water partition coefficient (Wildman–Crippen LogP) is 4.65. The predicted molar refractivity (Wildman–Crippen MR) is 97.7 cm³/mol. The zero-order valence-electron chi connectivity index (χ0n) is 13.2. The molecule has 0 amide bonds. The van der Waals surface area contributed by atoms with Gasteiger partial charge in [0.2, 0.25) is 0 Å². The van der Waals surface area contributed by atoms with Crippen LogP contribution in [-0.4, -0.2) is 27.3 Å². The molecule has 1 aromatic heterocycles. The second-order valence-corrected chi connectivity index (χ2v) is 10.3. The van der Waals surface area contributed by atoms with Crippen molar-refractivity contribution in [3.63, 3.8) is 0 Å². The fourth-order valence-electron chi connectivity index (χ4n) is 2.55. The average Bonchev–Trinajstić information content (AvgIpc) is 3.21.